The van der Waals surface area contributed by atoms with E-state index in [0.717, 1.165) is 17.7 Å². The van der Waals surface area contributed by atoms with E-state index in [2.05, 4.69) is 25.9 Å². The molecule has 0 spiro atoms. The Hall–Kier alpha value is -4.68. The summed E-state index contributed by atoms with van der Waals surface area (Å²) in [5.41, 5.74) is 7.14. The summed E-state index contributed by atoms with van der Waals surface area (Å²) in [5.74, 6) is -0.834. The summed E-state index contributed by atoms with van der Waals surface area (Å²) < 4.78 is 39.0. The van der Waals surface area contributed by atoms with Gasteiger partial charge >= 0.3 is 12.2 Å². The maximum Gasteiger partial charge on any atom is 0.416 e. The highest BCUT2D eigenvalue weighted by molar-refractivity contribution is 6.05. The number of carbonyl (C=O) groups excluding carboxylic acids is 3. The molecule has 1 saturated heterocycles. The lowest BCUT2D eigenvalue weighted by atomic mass is 10.1. The van der Waals surface area contributed by atoms with E-state index in [1.807, 2.05) is 11.8 Å². The maximum absolute atomic E-state index is 13.0. The average molecular weight is 556 g/mol. The molecule has 3 aromatic rings. The number of rotatable bonds is 6. The molecule has 5 N–H and O–H groups in total. The molecule has 2 aromatic carbocycles. The highest BCUT2D eigenvalue weighted by Crippen LogP contribution is 2.31. The molecule has 10 nitrogen and oxygen atoms in total. The number of nitrogens with zero attached hydrogens (tertiary/aromatic N) is 3. The van der Waals surface area contributed by atoms with E-state index in [1.165, 1.54) is 24.3 Å². The minimum Gasteiger partial charge on any atom is -0.363 e. The standard InChI is InChI=1S/C27H28F3N7O3/c1-14-7-8-17(25(39)33-19-6-4-5-18(12-19)27(28,29)30)11-21(14)35-26(40)34-20-9-10-37(13-20)24-15(2)16(3)32-23(36-24)22(31)38/h4-8,11-12,20H,9-10,13H2,1-3H3,(H2,31,38)(H,33,39)(H2,34,35,40)/t20-/m1/s1. The van der Waals surface area contributed by atoms with E-state index in [4.69, 9.17) is 5.73 Å². The van der Waals surface area contributed by atoms with Gasteiger partial charge in [-0.3, -0.25) is 9.59 Å². The Labute approximate surface area is 228 Å². The van der Waals surface area contributed by atoms with Crippen molar-refractivity contribution in [1.29, 1.82) is 0 Å². The Bertz CT molecular complexity index is 1480. The fraction of sp³-hybridized carbons (Fsp3) is 0.296. The Morgan fingerprint density at radius 2 is 1.77 bits per heavy atom. The highest BCUT2D eigenvalue weighted by Gasteiger charge is 2.31. The van der Waals surface area contributed by atoms with Crippen molar-refractivity contribution >= 4 is 35.0 Å². The number of primary amides is 1. The molecule has 210 valence electrons. The third-order valence-corrected chi connectivity index (χ3v) is 6.60. The van der Waals surface area contributed by atoms with Crippen molar-refractivity contribution in [2.45, 2.75) is 39.4 Å². The first-order chi connectivity index (χ1) is 18.8. The van der Waals surface area contributed by atoms with Gasteiger partial charge in [-0.15, -0.1) is 0 Å². The van der Waals surface area contributed by atoms with Gasteiger partial charge < -0.3 is 26.6 Å². The number of aromatic nitrogens is 2. The molecule has 4 rings (SSSR count). The summed E-state index contributed by atoms with van der Waals surface area (Å²) in [7, 11) is 0. The Morgan fingerprint density at radius 3 is 2.48 bits per heavy atom. The van der Waals surface area contributed by atoms with Crippen molar-refractivity contribution in [3.63, 3.8) is 0 Å². The molecule has 13 heteroatoms. The molecule has 1 fully saturated rings. The van der Waals surface area contributed by atoms with Crippen molar-refractivity contribution in [2.24, 2.45) is 5.73 Å². The second kappa shape index (κ2) is 11.2. The van der Waals surface area contributed by atoms with E-state index in [0.29, 0.717) is 42.3 Å². The second-order valence-corrected chi connectivity index (χ2v) is 9.54. The van der Waals surface area contributed by atoms with Crippen molar-refractivity contribution in [3.05, 3.63) is 76.2 Å². The lowest BCUT2D eigenvalue weighted by Gasteiger charge is -2.21. The van der Waals surface area contributed by atoms with Gasteiger partial charge in [0, 0.05) is 47.3 Å². The molecule has 0 radical (unpaired) electrons. The Morgan fingerprint density at radius 1 is 1.02 bits per heavy atom. The van der Waals surface area contributed by atoms with Gasteiger partial charge in [0.15, 0.2) is 0 Å². The summed E-state index contributed by atoms with van der Waals surface area (Å²) in [6, 6.07) is 8.22. The molecule has 0 unspecified atom stereocenters. The molecular formula is C27H28F3N7O3. The number of aryl methyl sites for hydroxylation is 2. The zero-order valence-corrected chi connectivity index (χ0v) is 22.0. The van der Waals surface area contributed by atoms with E-state index in [1.54, 1.807) is 19.9 Å². The molecule has 2 heterocycles. The fourth-order valence-electron chi connectivity index (χ4n) is 4.32. The van der Waals surface area contributed by atoms with Gasteiger partial charge in [-0.25, -0.2) is 14.8 Å². The van der Waals surface area contributed by atoms with Crippen LogP contribution in [0.2, 0.25) is 0 Å². The van der Waals surface area contributed by atoms with E-state index in [-0.39, 0.29) is 23.1 Å². The molecule has 0 saturated carbocycles. The predicted molar refractivity (Wildman–Crippen MR) is 143 cm³/mol. The van der Waals surface area contributed by atoms with Gasteiger partial charge in [-0.2, -0.15) is 13.2 Å². The van der Waals surface area contributed by atoms with Crippen molar-refractivity contribution in [1.82, 2.24) is 15.3 Å². The van der Waals surface area contributed by atoms with Crippen LogP contribution in [0, 0.1) is 20.8 Å². The van der Waals surface area contributed by atoms with Crippen molar-refractivity contribution in [2.75, 3.05) is 28.6 Å². The monoisotopic (exact) mass is 555 g/mol. The van der Waals surface area contributed by atoms with Gasteiger partial charge in [0.2, 0.25) is 5.82 Å². The number of alkyl halides is 3. The summed E-state index contributed by atoms with van der Waals surface area (Å²) in [4.78, 5) is 47.5. The number of carbonyl (C=O) groups is 3. The lowest BCUT2D eigenvalue weighted by molar-refractivity contribution is -0.137. The van der Waals surface area contributed by atoms with Crippen LogP contribution in [0.15, 0.2) is 42.5 Å². The van der Waals surface area contributed by atoms with Crippen LogP contribution >= 0.6 is 0 Å². The quantitative estimate of drug-likeness (QED) is 0.360. The smallest absolute Gasteiger partial charge is 0.363 e. The van der Waals surface area contributed by atoms with Crippen LogP contribution in [0.25, 0.3) is 0 Å². The SMILES string of the molecule is Cc1ccc(C(=O)Nc2cccc(C(F)(F)F)c2)cc1NC(=O)N[C@@H]1CCN(c2nc(C(N)=O)nc(C)c2C)C1. The molecule has 1 aromatic heterocycles. The van der Waals surface area contributed by atoms with Crippen molar-refractivity contribution in [3.8, 4) is 0 Å². The normalized spacial score (nSPS) is 15.1. The van der Waals surface area contributed by atoms with Gasteiger partial charge in [-0.05, 0) is 63.1 Å². The van der Waals surface area contributed by atoms with Crippen LogP contribution in [0.3, 0.4) is 0 Å². The molecule has 0 bridgehead atoms. The largest absolute Gasteiger partial charge is 0.416 e. The van der Waals surface area contributed by atoms with Gasteiger partial charge in [0.05, 0.1) is 5.56 Å². The number of urea groups is 1. The molecule has 4 amide bonds. The number of anilines is 3. The molecule has 40 heavy (non-hydrogen) atoms. The number of benzene rings is 2. The number of hydrogen-bond acceptors (Lipinski definition) is 6. The summed E-state index contributed by atoms with van der Waals surface area (Å²) in [5, 5.41) is 8.10. The van der Waals surface area contributed by atoms with Crippen molar-refractivity contribution < 1.29 is 27.6 Å². The maximum atomic E-state index is 13.0. The molecule has 1 atom stereocenters. The molecule has 1 aliphatic rings. The topological polar surface area (TPSA) is 142 Å². The number of halogens is 3. The zero-order chi connectivity index (χ0) is 29.2. The molecule has 1 aliphatic heterocycles. The predicted octanol–water partition coefficient (Wildman–Crippen LogP) is 4.17. The van der Waals surface area contributed by atoms with E-state index in [9.17, 15) is 27.6 Å². The van der Waals surface area contributed by atoms with Crippen LogP contribution in [-0.2, 0) is 6.18 Å². The molecular weight excluding hydrogens is 527 g/mol. The second-order valence-electron chi connectivity index (χ2n) is 9.54. The van der Waals surface area contributed by atoms with Gasteiger partial charge in [0.25, 0.3) is 11.8 Å². The van der Waals surface area contributed by atoms with Crippen LogP contribution in [0.1, 0.15) is 49.8 Å². The zero-order valence-electron chi connectivity index (χ0n) is 22.0. The Balaban J connectivity index is 1.40. The summed E-state index contributed by atoms with van der Waals surface area (Å²) in [6.07, 6.45) is -3.91. The number of nitrogens with two attached hydrogens (primary N) is 1. The Kier molecular flexibility index (Phi) is 7.93. The van der Waals surface area contributed by atoms with Gasteiger partial charge in [-0.1, -0.05) is 12.1 Å². The van der Waals surface area contributed by atoms with Crippen LogP contribution in [-0.4, -0.2) is 46.9 Å². The number of amides is 4. The van der Waals surface area contributed by atoms with Crippen LogP contribution in [0.4, 0.5) is 35.2 Å². The molecule has 0 aliphatic carbocycles. The van der Waals surface area contributed by atoms with Crippen LogP contribution < -0.4 is 26.6 Å². The minimum absolute atomic E-state index is 0.00416. The highest BCUT2D eigenvalue weighted by atomic mass is 19.4. The minimum atomic E-state index is -4.54. The average Bonchev–Trinajstić information content (AvgIpc) is 3.34. The number of nitrogens with one attached hydrogen (secondary N) is 3. The third kappa shape index (κ3) is 6.47. The first kappa shape index (κ1) is 28.3. The third-order valence-electron chi connectivity index (χ3n) is 6.60. The van der Waals surface area contributed by atoms with Crippen LogP contribution in [0.5, 0.6) is 0 Å². The summed E-state index contributed by atoms with van der Waals surface area (Å²) >= 11 is 0. The van der Waals surface area contributed by atoms with E-state index >= 15 is 0 Å². The first-order valence-electron chi connectivity index (χ1n) is 12.4. The van der Waals surface area contributed by atoms with Gasteiger partial charge in [0.1, 0.15) is 5.82 Å². The lowest BCUT2D eigenvalue weighted by Crippen LogP contribution is -2.40. The van der Waals surface area contributed by atoms with E-state index < -0.39 is 29.6 Å². The summed E-state index contributed by atoms with van der Waals surface area (Å²) in [6.45, 7) is 6.40. The first-order valence-corrected chi connectivity index (χ1v) is 12.4. The fourth-order valence-corrected chi connectivity index (χ4v) is 4.32. The number of hydrogen-bond donors (Lipinski definition) is 4.